The number of ether oxygens (including phenoxy) is 2. The summed E-state index contributed by atoms with van der Waals surface area (Å²) in [5.74, 6) is -0.204. The maximum Gasteiger partial charge on any atom is 0.401 e. The minimum absolute atomic E-state index is 0.0419. The molecule has 1 aliphatic rings. The van der Waals surface area contributed by atoms with Gasteiger partial charge in [-0.1, -0.05) is 0 Å². The van der Waals surface area contributed by atoms with Crippen LogP contribution in [-0.2, 0) is 34.7 Å². The second-order valence-corrected chi connectivity index (χ2v) is 6.05. The Morgan fingerprint density at radius 1 is 1.35 bits per heavy atom. The lowest BCUT2D eigenvalue weighted by atomic mass is 10.0. The maximum absolute atomic E-state index is 11.8. The number of carbonyl (C=O) groups excluding carboxylic acids is 1. The predicted molar refractivity (Wildman–Crippen MR) is 78.3 cm³/mol. The number of hydrogen-bond acceptors (Lipinski definition) is 8. The second kappa shape index (κ2) is 7.16. The van der Waals surface area contributed by atoms with E-state index in [4.69, 9.17) is 13.7 Å². The topological polar surface area (TPSA) is 108 Å². The Kier molecular flexibility index (Phi) is 5.45. The zero-order valence-corrected chi connectivity index (χ0v) is 13.5. The van der Waals surface area contributed by atoms with E-state index in [-0.39, 0.29) is 25.2 Å². The first-order valence-corrected chi connectivity index (χ1v) is 8.33. The van der Waals surface area contributed by atoms with Crippen LogP contribution in [0.1, 0.15) is 18.9 Å². The molecule has 0 unspecified atom stereocenters. The van der Waals surface area contributed by atoms with E-state index < -0.39 is 28.6 Å². The first kappa shape index (κ1) is 17.5. The van der Waals surface area contributed by atoms with E-state index in [0.717, 1.165) is 0 Å². The highest BCUT2D eigenvalue weighted by atomic mass is 32.3. The number of esters is 1. The van der Waals surface area contributed by atoms with Crippen molar-refractivity contribution in [3.8, 4) is 11.5 Å². The fourth-order valence-corrected chi connectivity index (χ4v) is 3.22. The Balaban J connectivity index is 2.10. The molecule has 0 aromatic heterocycles. The highest BCUT2D eigenvalue weighted by Crippen LogP contribution is 2.29. The van der Waals surface area contributed by atoms with Crippen LogP contribution in [0.25, 0.3) is 0 Å². The Labute approximate surface area is 134 Å². The van der Waals surface area contributed by atoms with E-state index >= 15 is 0 Å². The normalized spacial score (nSPS) is 22.7. The number of methoxy groups -OCH3 is 1. The molecule has 0 amide bonds. The van der Waals surface area contributed by atoms with Crippen molar-refractivity contribution in [1.29, 1.82) is 0 Å². The molecule has 1 aromatic rings. The Bertz CT molecular complexity index is 669. The van der Waals surface area contributed by atoms with E-state index in [1.54, 1.807) is 19.1 Å². The molecule has 2 rings (SSSR count). The molecule has 1 heterocycles. The number of carbonyl (C=O) groups is 1. The van der Waals surface area contributed by atoms with Gasteiger partial charge in [-0.2, -0.15) is 8.42 Å². The number of aryl methyl sites for hydroxylation is 1. The van der Waals surface area contributed by atoms with Crippen LogP contribution >= 0.6 is 0 Å². The molecule has 1 N–H and O–H groups in total. The van der Waals surface area contributed by atoms with Gasteiger partial charge in [0.05, 0.1) is 13.7 Å². The molecule has 0 radical (unpaired) electrons. The van der Waals surface area contributed by atoms with Gasteiger partial charge in [0.2, 0.25) is 6.10 Å². The highest BCUT2D eigenvalue weighted by Gasteiger charge is 2.45. The fraction of sp³-hybridized carbons (Fsp3) is 0.500. The van der Waals surface area contributed by atoms with E-state index in [1.807, 2.05) is 0 Å². The van der Waals surface area contributed by atoms with Crippen LogP contribution in [0, 0.1) is 0 Å². The number of aromatic hydroxyl groups is 1. The van der Waals surface area contributed by atoms with Gasteiger partial charge >= 0.3 is 16.4 Å². The van der Waals surface area contributed by atoms with Crippen molar-refractivity contribution in [2.24, 2.45) is 0 Å². The molecule has 128 valence electrons. The van der Waals surface area contributed by atoms with E-state index in [1.165, 1.54) is 13.2 Å². The summed E-state index contributed by atoms with van der Waals surface area (Å²) in [6.45, 7) is 1.70. The first-order valence-electron chi connectivity index (χ1n) is 7.00. The van der Waals surface area contributed by atoms with E-state index in [0.29, 0.717) is 11.3 Å². The summed E-state index contributed by atoms with van der Waals surface area (Å²) in [5, 5.41) is 9.83. The molecular weight excluding hydrogens is 328 g/mol. The molecule has 23 heavy (non-hydrogen) atoms. The van der Waals surface area contributed by atoms with E-state index in [9.17, 15) is 18.3 Å². The van der Waals surface area contributed by atoms with Crippen LogP contribution in [0.5, 0.6) is 11.5 Å². The van der Waals surface area contributed by atoms with Gasteiger partial charge in [0.25, 0.3) is 0 Å². The third-order valence-electron chi connectivity index (χ3n) is 3.30. The zero-order chi connectivity index (χ0) is 17.0. The zero-order valence-electron chi connectivity index (χ0n) is 12.7. The average molecular weight is 346 g/mol. The minimum atomic E-state index is -4.22. The largest absolute Gasteiger partial charge is 0.508 e. The summed E-state index contributed by atoms with van der Waals surface area (Å²) < 4.78 is 42.1. The van der Waals surface area contributed by atoms with Crippen molar-refractivity contribution >= 4 is 16.4 Å². The lowest BCUT2D eigenvalue weighted by Gasteiger charge is -2.14. The number of rotatable bonds is 6. The predicted octanol–water partition coefficient (Wildman–Crippen LogP) is 0.925. The molecule has 1 fully saturated rings. The van der Waals surface area contributed by atoms with Crippen LogP contribution in [0.2, 0.25) is 0 Å². The monoisotopic (exact) mass is 346 g/mol. The van der Waals surface area contributed by atoms with Crippen molar-refractivity contribution in [3.05, 3.63) is 23.8 Å². The van der Waals surface area contributed by atoms with Crippen molar-refractivity contribution in [3.63, 3.8) is 0 Å². The Morgan fingerprint density at radius 2 is 2.09 bits per heavy atom. The quantitative estimate of drug-likeness (QED) is 0.758. The van der Waals surface area contributed by atoms with Crippen molar-refractivity contribution < 1.29 is 36.2 Å². The third-order valence-corrected chi connectivity index (χ3v) is 4.23. The molecule has 8 nitrogen and oxygen atoms in total. The molecule has 1 aliphatic heterocycles. The fourth-order valence-electron chi connectivity index (χ4n) is 2.22. The highest BCUT2D eigenvalue weighted by molar-refractivity contribution is 7.82. The van der Waals surface area contributed by atoms with Gasteiger partial charge in [-0.15, -0.1) is 0 Å². The summed E-state index contributed by atoms with van der Waals surface area (Å²) in [6, 6.07) is 4.69. The van der Waals surface area contributed by atoms with Crippen LogP contribution in [0.15, 0.2) is 18.2 Å². The maximum atomic E-state index is 11.8. The lowest BCUT2D eigenvalue weighted by Crippen LogP contribution is -2.33. The standard InChI is InChI=1S/C14H18O8S/c1-3-20-14(16)13-12(21-23(17,18)22-13)7-4-9-8-10(19-2)5-6-11(9)15/h5-6,8,12-13,15H,3-4,7H2,1-2H3/t12-,13+/m1/s1. The second-order valence-electron chi connectivity index (χ2n) is 4.85. The van der Waals surface area contributed by atoms with E-state index in [2.05, 4.69) is 4.18 Å². The van der Waals surface area contributed by atoms with Gasteiger partial charge in [-0.05, 0) is 43.5 Å². The Hall–Kier alpha value is -1.84. The molecule has 2 atom stereocenters. The van der Waals surface area contributed by atoms with Crippen molar-refractivity contribution in [2.45, 2.75) is 32.0 Å². The smallest absolute Gasteiger partial charge is 0.401 e. The van der Waals surface area contributed by atoms with Crippen LogP contribution in [0.4, 0.5) is 0 Å². The third kappa shape index (κ3) is 4.34. The van der Waals surface area contributed by atoms with Crippen molar-refractivity contribution in [1.82, 2.24) is 0 Å². The molecular formula is C14H18O8S. The molecule has 0 aliphatic carbocycles. The Morgan fingerprint density at radius 3 is 2.74 bits per heavy atom. The molecule has 0 spiro atoms. The molecule has 1 saturated heterocycles. The molecule has 0 saturated carbocycles. The summed E-state index contributed by atoms with van der Waals surface area (Å²) in [4.78, 5) is 11.8. The number of benzene rings is 1. The van der Waals surface area contributed by atoms with Crippen LogP contribution in [0.3, 0.4) is 0 Å². The SMILES string of the molecule is CCOC(=O)[C@H]1OS(=O)(=O)O[C@@H]1CCc1cc(OC)ccc1O. The number of phenolic OH excluding ortho intramolecular Hbond substituents is 1. The molecule has 1 aromatic carbocycles. The number of phenols is 1. The van der Waals surface area contributed by atoms with Gasteiger partial charge in [0, 0.05) is 0 Å². The summed E-state index contributed by atoms with van der Waals surface area (Å²) in [5.41, 5.74) is 0.542. The minimum Gasteiger partial charge on any atom is -0.508 e. The molecule has 0 bridgehead atoms. The average Bonchev–Trinajstić information content (AvgIpc) is 2.82. The summed E-state index contributed by atoms with van der Waals surface area (Å²) in [7, 11) is -2.73. The molecule has 9 heteroatoms. The van der Waals surface area contributed by atoms with Crippen molar-refractivity contribution in [2.75, 3.05) is 13.7 Å². The summed E-state index contributed by atoms with van der Waals surface area (Å²) in [6.07, 6.45) is -1.94. The van der Waals surface area contributed by atoms with Gasteiger partial charge in [-0.3, -0.25) is 0 Å². The van der Waals surface area contributed by atoms with Gasteiger partial charge in [0.1, 0.15) is 17.6 Å². The summed E-state index contributed by atoms with van der Waals surface area (Å²) >= 11 is 0. The van der Waals surface area contributed by atoms with Gasteiger partial charge in [-0.25, -0.2) is 13.2 Å². The first-order chi connectivity index (χ1) is 10.9. The lowest BCUT2D eigenvalue weighted by molar-refractivity contribution is -0.152. The van der Waals surface area contributed by atoms with Crippen LogP contribution < -0.4 is 4.74 Å². The number of hydrogen-bond donors (Lipinski definition) is 1. The van der Waals surface area contributed by atoms with Gasteiger partial charge in [0.15, 0.2) is 0 Å². The van der Waals surface area contributed by atoms with Gasteiger partial charge < -0.3 is 14.6 Å². The van der Waals surface area contributed by atoms with Crippen LogP contribution in [-0.4, -0.2) is 45.4 Å².